The molecule has 10 heteroatoms. The van der Waals surface area contributed by atoms with Crippen LogP contribution in [0, 0.1) is 17.8 Å². The first-order chi connectivity index (χ1) is 19.8. The number of methoxy groups -OCH3 is 1. The van der Waals surface area contributed by atoms with E-state index in [0.29, 0.717) is 22.7 Å². The van der Waals surface area contributed by atoms with Crippen LogP contribution < -0.4 is 20.1 Å². The monoisotopic (exact) mass is 575 g/mol. The number of hydrogen-bond donors (Lipinski definition) is 2. The standard InChI is InChI=1S/C31H33N3O6S/c1-39-25-12-19(13-26-29(37)34(30(38)41-26)17-27(35)32-23-5-3-2-4-6-23)7-8-24(25)40-18-28(36)33-31-14-20-9-21(15-31)11-22(10-20)16-31/h2-8,12-13,20-22H,9-11,14-18H2,1H3,(H,32,35)(H,33,36)/b26-13-. The summed E-state index contributed by atoms with van der Waals surface area (Å²) in [5.41, 5.74) is 1.13. The second-order valence-electron chi connectivity index (χ2n) is 11.6. The molecule has 5 aliphatic rings. The zero-order valence-electron chi connectivity index (χ0n) is 22.9. The molecule has 0 unspecified atom stereocenters. The summed E-state index contributed by atoms with van der Waals surface area (Å²) in [5.74, 6) is 1.91. The van der Waals surface area contributed by atoms with Crippen LogP contribution >= 0.6 is 11.8 Å². The molecule has 41 heavy (non-hydrogen) atoms. The zero-order chi connectivity index (χ0) is 28.6. The summed E-state index contributed by atoms with van der Waals surface area (Å²) in [5, 5.41) is 5.48. The number of thioether (sulfide) groups is 1. The van der Waals surface area contributed by atoms with Crippen LogP contribution in [0.5, 0.6) is 11.5 Å². The van der Waals surface area contributed by atoms with E-state index in [-0.39, 0.29) is 29.5 Å². The number of imide groups is 1. The summed E-state index contributed by atoms with van der Waals surface area (Å²) in [7, 11) is 1.50. The lowest BCUT2D eigenvalue weighted by atomic mass is 9.53. The highest BCUT2D eigenvalue weighted by molar-refractivity contribution is 8.18. The number of carbonyl (C=O) groups excluding carboxylic acids is 4. The van der Waals surface area contributed by atoms with E-state index in [1.54, 1.807) is 48.5 Å². The van der Waals surface area contributed by atoms with Gasteiger partial charge in [0, 0.05) is 11.2 Å². The Hall–Kier alpha value is -3.79. The molecule has 7 rings (SSSR count). The first-order valence-electron chi connectivity index (χ1n) is 14.0. The van der Waals surface area contributed by atoms with Gasteiger partial charge in [0.25, 0.3) is 17.1 Å². The van der Waals surface area contributed by atoms with Crippen molar-refractivity contribution in [2.75, 3.05) is 25.6 Å². The molecule has 2 aromatic rings. The van der Waals surface area contributed by atoms with Gasteiger partial charge in [-0.3, -0.25) is 24.1 Å². The number of carbonyl (C=O) groups is 4. The maximum atomic E-state index is 12.9. The van der Waals surface area contributed by atoms with Crippen LogP contribution in [0.4, 0.5) is 10.5 Å². The molecule has 4 aliphatic carbocycles. The SMILES string of the molecule is COc1cc(/C=C2\SC(=O)N(CC(=O)Nc3ccccc3)C2=O)ccc1OCC(=O)NC12CC3CC(CC(C3)C1)C2. The van der Waals surface area contributed by atoms with Crippen LogP contribution in [-0.2, 0) is 14.4 Å². The number of para-hydroxylation sites is 1. The second-order valence-corrected chi connectivity index (χ2v) is 12.6. The molecule has 214 valence electrons. The minimum Gasteiger partial charge on any atom is -0.493 e. The lowest BCUT2D eigenvalue weighted by molar-refractivity contribution is -0.129. The maximum absolute atomic E-state index is 12.9. The van der Waals surface area contributed by atoms with Gasteiger partial charge < -0.3 is 20.1 Å². The number of anilines is 1. The lowest BCUT2D eigenvalue weighted by Gasteiger charge is -2.56. The Morgan fingerprint density at radius 2 is 1.66 bits per heavy atom. The fraction of sp³-hybridized carbons (Fsp3) is 0.419. The average molecular weight is 576 g/mol. The van der Waals surface area contributed by atoms with E-state index in [9.17, 15) is 19.2 Å². The van der Waals surface area contributed by atoms with Gasteiger partial charge in [-0.15, -0.1) is 0 Å². The van der Waals surface area contributed by atoms with Crippen LogP contribution in [0.3, 0.4) is 0 Å². The Bertz CT molecular complexity index is 1370. The molecule has 0 radical (unpaired) electrons. The molecule has 5 fully saturated rings. The third kappa shape index (κ3) is 5.98. The predicted octanol–water partition coefficient (Wildman–Crippen LogP) is 4.83. The second kappa shape index (κ2) is 11.2. The molecule has 1 heterocycles. The van der Waals surface area contributed by atoms with Gasteiger partial charge in [0.1, 0.15) is 6.54 Å². The molecule has 4 amide bonds. The molecule has 4 bridgehead atoms. The molecule has 4 saturated carbocycles. The van der Waals surface area contributed by atoms with Crippen LogP contribution in [-0.4, -0.2) is 53.7 Å². The fourth-order valence-corrected chi connectivity index (χ4v) is 8.12. The molecule has 2 N–H and O–H groups in total. The van der Waals surface area contributed by atoms with E-state index in [0.717, 1.165) is 53.7 Å². The van der Waals surface area contributed by atoms with Crippen molar-refractivity contribution in [2.24, 2.45) is 17.8 Å². The molecule has 1 aliphatic heterocycles. The van der Waals surface area contributed by atoms with E-state index in [1.165, 1.54) is 26.4 Å². The zero-order valence-corrected chi connectivity index (χ0v) is 23.7. The number of amides is 4. The van der Waals surface area contributed by atoms with Crippen molar-refractivity contribution in [2.45, 2.75) is 44.1 Å². The Labute approximate surface area is 243 Å². The van der Waals surface area contributed by atoms with Gasteiger partial charge in [0.05, 0.1) is 12.0 Å². The minimum atomic E-state index is -0.538. The first-order valence-corrected chi connectivity index (χ1v) is 14.8. The molecule has 0 aromatic heterocycles. The Kier molecular flexibility index (Phi) is 7.50. The van der Waals surface area contributed by atoms with Gasteiger partial charge in [-0.2, -0.15) is 0 Å². The van der Waals surface area contributed by atoms with Crippen LogP contribution in [0.15, 0.2) is 53.4 Å². The fourth-order valence-electron chi connectivity index (χ4n) is 7.29. The van der Waals surface area contributed by atoms with E-state index >= 15 is 0 Å². The third-order valence-electron chi connectivity index (χ3n) is 8.52. The topological polar surface area (TPSA) is 114 Å². The number of nitrogens with zero attached hydrogens (tertiary/aromatic N) is 1. The summed E-state index contributed by atoms with van der Waals surface area (Å²) in [6.07, 6.45) is 8.73. The summed E-state index contributed by atoms with van der Waals surface area (Å²) >= 11 is 0.776. The summed E-state index contributed by atoms with van der Waals surface area (Å²) in [4.78, 5) is 51.8. The molecule has 0 spiro atoms. The Balaban J connectivity index is 1.06. The van der Waals surface area contributed by atoms with Crippen molar-refractivity contribution in [1.29, 1.82) is 0 Å². The average Bonchev–Trinajstić information content (AvgIpc) is 3.18. The summed E-state index contributed by atoms with van der Waals surface area (Å²) in [6.45, 7) is -0.486. The summed E-state index contributed by atoms with van der Waals surface area (Å²) in [6, 6.07) is 13.9. The maximum Gasteiger partial charge on any atom is 0.294 e. The molecular formula is C31H33N3O6S. The van der Waals surface area contributed by atoms with E-state index in [4.69, 9.17) is 9.47 Å². The lowest BCUT2D eigenvalue weighted by Crippen LogP contribution is -2.60. The van der Waals surface area contributed by atoms with Gasteiger partial charge in [-0.1, -0.05) is 24.3 Å². The smallest absolute Gasteiger partial charge is 0.294 e. The number of ether oxygens (including phenoxy) is 2. The molecule has 2 aromatic carbocycles. The Morgan fingerprint density at radius 1 is 0.976 bits per heavy atom. The van der Waals surface area contributed by atoms with E-state index in [1.807, 2.05) is 6.07 Å². The number of hydrogen-bond acceptors (Lipinski definition) is 7. The van der Waals surface area contributed by atoms with E-state index in [2.05, 4.69) is 10.6 Å². The van der Waals surface area contributed by atoms with Crippen molar-refractivity contribution in [1.82, 2.24) is 10.2 Å². The normalized spacial score (nSPS) is 27.3. The number of benzene rings is 2. The van der Waals surface area contributed by atoms with Gasteiger partial charge in [-0.05, 0) is 104 Å². The molecular weight excluding hydrogens is 542 g/mol. The quantitative estimate of drug-likeness (QED) is 0.412. The first kappa shape index (κ1) is 27.4. The Morgan fingerprint density at radius 3 is 2.32 bits per heavy atom. The van der Waals surface area contributed by atoms with Gasteiger partial charge in [0.2, 0.25) is 5.91 Å². The predicted molar refractivity (Wildman–Crippen MR) is 155 cm³/mol. The van der Waals surface area contributed by atoms with Crippen LogP contribution in [0.2, 0.25) is 0 Å². The highest BCUT2D eigenvalue weighted by Gasteiger charge is 2.51. The summed E-state index contributed by atoms with van der Waals surface area (Å²) < 4.78 is 11.3. The van der Waals surface area contributed by atoms with Crippen molar-refractivity contribution in [3.8, 4) is 11.5 Å². The van der Waals surface area contributed by atoms with Crippen molar-refractivity contribution in [3.63, 3.8) is 0 Å². The van der Waals surface area contributed by atoms with Crippen molar-refractivity contribution >= 4 is 46.5 Å². The molecule has 1 saturated heterocycles. The van der Waals surface area contributed by atoms with Gasteiger partial charge >= 0.3 is 0 Å². The minimum absolute atomic E-state index is 0.0751. The van der Waals surface area contributed by atoms with E-state index < -0.39 is 17.1 Å². The molecule has 0 atom stereocenters. The van der Waals surface area contributed by atoms with Crippen LogP contribution in [0.25, 0.3) is 6.08 Å². The number of rotatable bonds is 9. The molecule has 9 nitrogen and oxygen atoms in total. The number of nitrogens with one attached hydrogen (secondary N) is 2. The van der Waals surface area contributed by atoms with Gasteiger partial charge in [0.15, 0.2) is 18.1 Å². The third-order valence-corrected chi connectivity index (χ3v) is 9.43. The largest absolute Gasteiger partial charge is 0.493 e. The van der Waals surface area contributed by atoms with Crippen molar-refractivity contribution < 1.29 is 28.7 Å². The van der Waals surface area contributed by atoms with Gasteiger partial charge in [-0.25, -0.2) is 0 Å². The van der Waals surface area contributed by atoms with Crippen molar-refractivity contribution in [3.05, 3.63) is 59.0 Å². The highest BCUT2D eigenvalue weighted by Crippen LogP contribution is 2.55. The van der Waals surface area contributed by atoms with Crippen LogP contribution in [0.1, 0.15) is 44.1 Å². The highest BCUT2D eigenvalue weighted by atomic mass is 32.2.